The van der Waals surface area contributed by atoms with Gasteiger partial charge in [0.05, 0.1) is 17.1 Å². The number of carboxylic acid groups (broad SMARTS) is 1. The molecule has 3 rings (SSSR count). The number of nitriles is 1. The first-order chi connectivity index (χ1) is 11.4. The molecule has 0 atom stereocenters. The molecular weight excluding hydrogens is 314 g/mol. The highest BCUT2D eigenvalue weighted by atomic mass is 16.4. The maximum Gasteiger partial charge on any atom is 0.322 e. The Hall–Kier alpha value is -3.34. The van der Waals surface area contributed by atoms with Crippen molar-refractivity contribution in [3.63, 3.8) is 0 Å². The van der Waals surface area contributed by atoms with Gasteiger partial charge >= 0.3 is 5.97 Å². The molecule has 1 aromatic heterocycles. The van der Waals surface area contributed by atoms with Crippen molar-refractivity contribution in [3.05, 3.63) is 39.2 Å². The van der Waals surface area contributed by atoms with E-state index in [4.69, 9.17) is 10.4 Å². The van der Waals surface area contributed by atoms with Gasteiger partial charge in [0, 0.05) is 11.9 Å². The molecule has 122 valence electrons. The number of nitrogens with one attached hydrogen (secondary N) is 1. The Morgan fingerprint density at radius 3 is 2.79 bits per heavy atom. The molecule has 0 fully saturated rings. The van der Waals surface area contributed by atoms with Crippen molar-refractivity contribution in [1.29, 1.82) is 5.26 Å². The monoisotopic (exact) mass is 327 g/mol. The third-order valence-electron chi connectivity index (χ3n) is 3.99. The zero-order valence-electron chi connectivity index (χ0n) is 12.5. The number of pyridine rings is 1. The normalized spacial score (nSPS) is 12.6. The van der Waals surface area contributed by atoms with Crippen LogP contribution in [0.3, 0.4) is 0 Å². The van der Waals surface area contributed by atoms with Crippen LogP contribution in [0.5, 0.6) is 5.75 Å². The van der Waals surface area contributed by atoms with Crippen LogP contribution in [0.25, 0.3) is 10.9 Å². The maximum absolute atomic E-state index is 12.6. The quantitative estimate of drug-likeness (QED) is 0.744. The van der Waals surface area contributed by atoms with Gasteiger partial charge in [-0.1, -0.05) is 0 Å². The zero-order chi connectivity index (χ0) is 17.4. The molecule has 0 spiro atoms. The summed E-state index contributed by atoms with van der Waals surface area (Å²) in [6.07, 6.45) is 1.33. The Kier molecular flexibility index (Phi) is 3.69. The number of hydrogen-bond donors (Lipinski definition) is 3. The average molecular weight is 327 g/mol. The van der Waals surface area contributed by atoms with E-state index in [1.807, 2.05) is 6.07 Å². The highest BCUT2D eigenvalue weighted by Crippen LogP contribution is 2.32. The molecule has 8 heteroatoms. The Morgan fingerprint density at radius 1 is 1.38 bits per heavy atom. The van der Waals surface area contributed by atoms with E-state index in [0.717, 1.165) is 5.56 Å². The highest BCUT2D eigenvalue weighted by Gasteiger charge is 2.25. The number of aryl methyl sites for hydroxylation is 2. The predicted octanol–water partition coefficient (Wildman–Crippen LogP) is 0.339. The van der Waals surface area contributed by atoms with Crippen LogP contribution in [0.1, 0.15) is 27.9 Å². The van der Waals surface area contributed by atoms with E-state index in [2.05, 4.69) is 5.32 Å². The third-order valence-corrected chi connectivity index (χ3v) is 3.99. The van der Waals surface area contributed by atoms with Crippen LogP contribution in [-0.2, 0) is 17.8 Å². The molecule has 2 aromatic rings. The Labute approximate surface area is 135 Å². The lowest BCUT2D eigenvalue weighted by atomic mass is 9.96. The van der Waals surface area contributed by atoms with E-state index in [1.54, 1.807) is 6.07 Å². The minimum absolute atomic E-state index is 0.240. The number of hydrogen-bond acceptors (Lipinski definition) is 5. The van der Waals surface area contributed by atoms with Gasteiger partial charge in [0.1, 0.15) is 17.9 Å². The number of aromatic nitrogens is 1. The molecule has 24 heavy (non-hydrogen) atoms. The highest BCUT2D eigenvalue weighted by molar-refractivity contribution is 6.04. The molecule has 0 aliphatic carbocycles. The number of carbonyl (C=O) groups is 2. The number of rotatable bonds is 3. The van der Waals surface area contributed by atoms with E-state index < -0.39 is 35.3 Å². The average Bonchev–Trinajstić information content (AvgIpc) is 2.57. The molecule has 0 unspecified atom stereocenters. The fourth-order valence-corrected chi connectivity index (χ4v) is 3.01. The summed E-state index contributed by atoms with van der Waals surface area (Å²) >= 11 is 0. The number of nitrogens with zero attached hydrogens (tertiary/aromatic N) is 2. The van der Waals surface area contributed by atoms with E-state index in [9.17, 15) is 19.5 Å². The number of amides is 1. The van der Waals surface area contributed by atoms with E-state index in [-0.39, 0.29) is 5.39 Å². The van der Waals surface area contributed by atoms with Crippen LogP contribution < -0.4 is 10.9 Å². The van der Waals surface area contributed by atoms with E-state index in [0.29, 0.717) is 30.5 Å². The van der Waals surface area contributed by atoms with Crippen LogP contribution in [0, 0.1) is 11.3 Å². The lowest BCUT2D eigenvalue weighted by Gasteiger charge is -2.21. The molecule has 2 heterocycles. The van der Waals surface area contributed by atoms with Gasteiger partial charge in [0.25, 0.3) is 11.5 Å². The van der Waals surface area contributed by atoms with Gasteiger partial charge in [-0.3, -0.25) is 14.4 Å². The first-order valence-electron chi connectivity index (χ1n) is 7.26. The summed E-state index contributed by atoms with van der Waals surface area (Å²) in [4.78, 5) is 35.3. The van der Waals surface area contributed by atoms with Gasteiger partial charge in [-0.15, -0.1) is 0 Å². The van der Waals surface area contributed by atoms with Gasteiger partial charge in [-0.25, -0.2) is 0 Å². The van der Waals surface area contributed by atoms with Gasteiger partial charge in [-0.2, -0.15) is 5.26 Å². The van der Waals surface area contributed by atoms with Gasteiger partial charge < -0.3 is 20.1 Å². The smallest absolute Gasteiger partial charge is 0.322 e. The number of aliphatic carboxylic acids is 1. The minimum Gasteiger partial charge on any atom is -0.506 e. The van der Waals surface area contributed by atoms with Crippen LogP contribution in [-0.4, -0.2) is 33.2 Å². The molecule has 1 aliphatic heterocycles. The molecule has 0 bridgehead atoms. The lowest BCUT2D eigenvalue weighted by Crippen LogP contribution is -2.36. The lowest BCUT2D eigenvalue weighted by molar-refractivity contribution is -0.135. The summed E-state index contributed by atoms with van der Waals surface area (Å²) in [6.45, 7) is -0.285. The van der Waals surface area contributed by atoms with Crippen LogP contribution in [0.4, 0.5) is 0 Å². The van der Waals surface area contributed by atoms with Crippen molar-refractivity contribution >= 4 is 22.8 Å². The fraction of sp³-hybridized carbons (Fsp3) is 0.250. The molecule has 3 N–H and O–H groups in total. The second-order valence-electron chi connectivity index (χ2n) is 5.50. The molecule has 1 aromatic carbocycles. The summed E-state index contributed by atoms with van der Waals surface area (Å²) in [5.74, 6) is -2.76. The Bertz CT molecular complexity index is 984. The van der Waals surface area contributed by atoms with Crippen LogP contribution in [0.2, 0.25) is 0 Å². The second kappa shape index (κ2) is 5.70. The van der Waals surface area contributed by atoms with Gasteiger partial charge in [0.2, 0.25) is 0 Å². The number of benzene rings is 1. The summed E-state index contributed by atoms with van der Waals surface area (Å²) in [7, 11) is 0. The molecule has 1 aliphatic rings. The SMILES string of the molecule is N#Cc1cc2c3c(c1)c(O)c(C(=O)NCC(=O)O)c(=O)n3CCC2. The van der Waals surface area contributed by atoms with E-state index >= 15 is 0 Å². The second-order valence-corrected chi connectivity index (χ2v) is 5.50. The minimum atomic E-state index is -1.26. The molecule has 8 nitrogen and oxygen atoms in total. The van der Waals surface area contributed by atoms with Crippen LogP contribution >= 0.6 is 0 Å². The molecule has 1 amide bonds. The number of carboxylic acids is 1. The van der Waals surface area contributed by atoms with Crippen molar-refractivity contribution in [1.82, 2.24) is 9.88 Å². The van der Waals surface area contributed by atoms with E-state index in [1.165, 1.54) is 10.6 Å². The fourth-order valence-electron chi connectivity index (χ4n) is 3.01. The van der Waals surface area contributed by atoms with Crippen molar-refractivity contribution in [2.24, 2.45) is 0 Å². The van der Waals surface area contributed by atoms with Crippen molar-refractivity contribution in [2.75, 3.05) is 6.54 Å². The number of carbonyl (C=O) groups excluding carboxylic acids is 1. The van der Waals surface area contributed by atoms with Crippen molar-refractivity contribution < 1.29 is 19.8 Å². The predicted molar refractivity (Wildman–Crippen MR) is 82.9 cm³/mol. The standard InChI is InChI=1S/C16H13N3O5/c17-6-8-4-9-2-1-3-19-13(9)10(5-8)14(22)12(16(19)24)15(23)18-7-11(20)21/h4-5,22H,1-3,7H2,(H,18,23)(H,20,21). The summed E-state index contributed by atoms with van der Waals surface area (Å²) in [6, 6.07) is 5.08. The Morgan fingerprint density at radius 2 is 2.12 bits per heavy atom. The maximum atomic E-state index is 12.6. The third kappa shape index (κ3) is 2.36. The molecule has 0 saturated heterocycles. The van der Waals surface area contributed by atoms with Crippen molar-refractivity contribution in [3.8, 4) is 11.8 Å². The summed E-state index contributed by atoms with van der Waals surface area (Å²) in [5, 5.41) is 30.5. The van der Waals surface area contributed by atoms with Gasteiger partial charge in [-0.05, 0) is 30.5 Å². The first kappa shape index (κ1) is 15.6. The van der Waals surface area contributed by atoms with Crippen LogP contribution in [0.15, 0.2) is 16.9 Å². The topological polar surface area (TPSA) is 132 Å². The zero-order valence-corrected chi connectivity index (χ0v) is 12.5. The molecule has 0 saturated carbocycles. The van der Waals surface area contributed by atoms with Crippen molar-refractivity contribution in [2.45, 2.75) is 19.4 Å². The Balaban J connectivity index is 2.29. The summed E-state index contributed by atoms with van der Waals surface area (Å²) in [5.41, 5.74) is 0.412. The summed E-state index contributed by atoms with van der Waals surface area (Å²) < 4.78 is 1.39. The van der Waals surface area contributed by atoms with Gasteiger partial charge in [0.15, 0.2) is 0 Å². The molecular formula is C16H13N3O5. The largest absolute Gasteiger partial charge is 0.506 e. The first-order valence-corrected chi connectivity index (χ1v) is 7.26. The molecule has 0 radical (unpaired) electrons. The number of aromatic hydroxyl groups is 1.